The molecule has 38 heavy (non-hydrogen) atoms. The van der Waals surface area contributed by atoms with E-state index >= 15 is 0 Å². The highest BCUT2D eigenvalue weighted by molar-refractivity contribution is 6.18. The van der Waals surface area contributed by atoms with E-state index in [9.17, 15) is 14.4 Å². The van der Waals surface area contributed by atoms with Crippen molar-refractivity contribution in [1.82, 2.24) is 9.78 Å². The van der Waals surface area contributed by atoms with Crippen LogP contribution in [0.2, 0.25) is 0 Å². The summed E-state index contributed by atoms with van der Waals surface area (Å²) in [6.07, 6.45) is 1.54. The lowest BCUT2D eigenvalue weighted by molar-refractivity contribution is -0.116. The SMILES string of the molecule is CCOC(=O)c1nn(-c2ccc(OC)cc2)c2c1CCN(c1ccc(NC(=O)CCC(C)CCl)cc1)C2=O. The van der Waals surface area contributed by atoms with Gasteiger partial charge in [0.15, 0.2) is 5.69 Å². The van der Waals surface area contributed by atoms with E-state index in [0.717, 1.165) is 0 Å². The number of hydrogen-bond acceptors (Lipinski definition) is 6. The summed E-state index contributed by atoms with van der Waals surface area (Å²) in [5, 5.41) is 7.38. The van der Waals surface area contributed by atoms with Gasteiger partial charge >= 0.3 is 5.97 Å². The Morgan fingerprint density at radius 2 is 1.79 bits per heavy atom. The fraction of sp³-hybridized carbons (Fsp3) is 0.357. The first-order valence-electron chi connectivity index (χ1n) is 12.6. The summed E-state index contributed by atoms with van der Waals surface area (Å²) < 4.78 is 11.9. The van der Waals surface area contributed by atoms with Gasteiger partial charge in [-0.25, -0.2) is 9.48 Å². The lowest BCUT2D eigenvalue weighted by atomic mass is 10.0. The second kappa shape index (κ2) is 12.1. The Morgan fingerprint density at radius 3 is 2.42 bits per heavy atom. The molecule has 3 aromatic rings. The number of benzene rings is 2. The number of aromatic nitrogens is 2. The molecule has 1 atom stereocenters. The van der Waals surface area contributed by atoms with Crippen LogP contribution in [0.3, 0.4) is 0 Å². The Labute approximate surface area is 226 Å². The van der Waals surface area contributed by atoms with Crippen LogP contribution in [0.4, 0.5) is 11.4 Å². The molecule has 4 rings (SSSR count). The van der Waals surface area contributed by atoms with Gasteiger partial charge in [-0.2, -0.15) is 5.10 Å². The number of halogens is 1. The smallest absolute Gasteiger partial charge is 0.359 e. The number of hydrogen-bond donors (Lipinski definition) is 1. The van der Waals surface area contributed by atoms with Crippen LogP contribution in [0.25, 0.3) is 5.69 Å². The molecule has 0 saturated heterocycles. The van der Waals surface area contributed by atoms with Gasteiger partial charge in [-0.1, -0.05) is 6.92 Å². The first-order chi connectivity index (χ1) is 18.4. The Bertz CT molecular complexity index is 1300. The zero-order chi connectivity index (χ0) is 27.2. The third-order valence-corrected chi connectivity index (χ3v) is 6.92. The van der Waals surface area contributed by atoms with Gasteiger partial charge in [0, 0.05) is 35.8 Å². The van der Waals surface area contributed by atoms with Gasteiger partial charge in [-0.05, 0) is 74.2 Å². The Morgan fingerprint density at radius 1 is 1.11 bits per heavy atom. The molecule has 0 aliphatic carbocycles. The topological polar surface area (TPSA) is 103 Å². The molecule has 1 aromatic heterocycles. The molecule has 0 fully saturated rings. The highest BCUT2D eigenvalue weighted by atomic mass is 35.5. The predicted octanol–water partition coefficient (Wildman–Crippen LogP) is 4.85. The maximum atomic E-state index is 13.8. The van der Waals surface area contributed by atoms with Gasteiger partial charge in [0.1, 0.15) is 11.4 Å². The van der Waals surface area contributed by atoms with Gasteiger partial charge in [0.05, 0.1) is 19.4 Å². The van der Waals surface area contributed by atoms with Crippen molar-refractivity contribution in [2.75, 3.05) is 36.4 Å². The Hall–Kier alpha value is -3.85. The minimum atomic E-state index is -0.558. The molecule has 0 bridgehead atoms. The number of carbonyl (C=O) groups is 3. The molecular weight excluding hydrogens is 508 g/mol. The molecule has 1 aliphatic rings. The maximum absolute atomic E-state index is 13.8. The minimum absolute atomic E-state index is 0.0803. The lowest BCUT2D eigenvalue weighted by Gasteiger charge is -2.28. The van der Waals surface area contributed by atoms with Crippen LogP contribution in [0.1, 0.15) is 53.2 Å². The summed E-state index contributed by atoms with van der Waals surface area (Å²) in [4.78, 5) is 40.3. The van der Waals surface area contributed by atoms with E-state index in [2.05, 4.69) is 10.4 Å². The first-order valence-corrected chi connectivity index (χ1v) is 13.1. The van der Waals surface area contributed by atoms with Crippen molar-refractivity contribution in [3.05, 3.63) is 65.5 Å². The minimum Gasteiger partial charge on any atom is -0.497 e. The van der Waals surface area contributed by atoms with Gasteiger partial charge < -0.3 is 19.7 Å². The van der Waals surface area contributed by atoms with E-state index in [-0.39, 0.29) is 30.0 Å². The molecule has 2 heterocycles. The van der Waals surface area contributed by atoms with Crippen molar-refractivity contribution in [2.24, 2.45) is 5.92 Å². The molecule has 0 radical (unpaired) electrons. The highest BCUT2D eigenvalue weighted by Gasteiger charge is 2.35. The normalized spacial score (nSPS) is 13.6. The van der Waals surface area contributed by atoms with E-state index in [1.54, 1.807) is 67.5 Å². The van der Waals surface area contributed by atoms with E-state index < -0.39 is 5.97 Å². The van der Waals surface area contributed by atoms with Crippen LogP contribution < -0.4 is 15.0 Å². The van der Waals surface area contributed by atoms with Crippen LogP contribution in [0.15, 0.2) is 48.5 Å². The van der Waals surface area contributed by atoms with Gasteiger partial charge in [-0.3, -0.25) is 9.59 Å². The van der Waals surface area contributed by atoms with Gasteiger partial charge in [-0.15, -0.1) is 11.6 Å². The second-order valence-electron chi connectivity index (χ2n) is 9.11. The number of fused-ring (bicyclic) bond motifs is 1. The van der Waals surface area contributed by atoms with Crippen molar-refractivity contribution >= 4 is 40.8 Å². The molecule has 1 N–H and O–H groups in total. The average molecular weight is 539 g/mol. The zero-order valence-electron chi connectivity index (χ0n) is 21.7. The number of alkyl halides is 1. The summed E-state index contributed by atoms with van der Waals surface area (Å²) in [5.74, 6) is 0.536. The molecule has 0 spiro atoms. The summed E-state index contributed by atoms with van der Waals surface area (Å²) in [5.41, 5.74) is 2.97. The number of carbonyl (C=O) groups excluding carboxylic acids is 3. The first kappa shape index (κ1) is 27.2. The number of anilines is 2. The zero-order valence-corrected chi connectivity index (χ0v) is 22.5. The number of nitrogens with zero attached hydrogens (tertiary/aromatic N) is 3. The molecule has 2 amide bonds. The third-order valence-electron chi connectivity index (χ3n) is 6.39. The Kier molecular flexibility index (Phi) is 8.68. The lowest BCUT2D eigenvalue weighted by Crippen LogP contribution is -2.39. The highest BCUT2D eigenvalue weighted by Crippen LogP contribution is 2.30. The Balaban J connectivity index is 1.59. The third kappa shape index (κ3) is 5.83. The number of ether oxygens (including phenoxy) is 2. The number of amides is 2. The van der Waals surface area contributed by atoms with E-state index in [4.69, 9.17) is 21.1 Å². The molecule has 1 unspecified atom stereocenters. The summed E-state index contributed by atoms with van der Waals surface area (Å²) in [6.45, 7) is 4.31. The largest absolute Gasteiger partial charge is 0.497 e. The summed E-state index contributed by atoms with van der Waals surface area (Å²) >= 11 is 5.82. The van der Waals surface area contributed by atoms with Crippen molar-refractivity contribution in [2.45, 2.75) is 33.1 Å². The van der Waals surface area contributed by atoms with Crippen molar-refractivity contribution in [3.8, 4) is 11.4 Å². The standard InChI is InChI=1S/C28H31ClN4O5/c1-4-38-28(36)25-23-15-16-32(20-8-6-19(7-9-20)30-24(34)14-5-18(2)17-29)27(35)26(23)33(31-25)21-10-12-22(37-3)13-11-21/h6-13,18H,4-5,14-17H2,1-3H3,(H,30,34). The van der Waals surface area contributed by atoms with Gasteiger partial charge in [0.2, 0.25) is 5.91 Å². The van der Waals surface area contributed by atoms with Gasteiger partial charge in [0.25, 0.3) is 5.91 Å². The fourth-order valence-corrected chi connectivity index (χ4v) is 4.44. The maximum Gasteiger partial charge on any atom is 0.359 e. The summed E-state index contributed by atoms with van der Waals surface area (Å²) in [7, 11) is 1.57. The van der Waals surface area contributed by atoms with Crippen LogP contribution >= 0.6 is 11.6 Å². The van der Waals surface area contributed by atoms with Crippen LogP contribution in [0.5, 0.6) is 5.75 Å². The molecular formula is C28H31ClN4O5. The van der Waals surface area contributed by atoms with Crippen molar-refractivity contribution in [3.63, 3.8) is 0 Å². The van der Waals surface area contributed by atoms with E-state index in [1.165, 1.54) is 4.68 Å². The number of nitrogens with one attached hydrogen (secondary N) is 1. The molecule has 0 saturated carbocycles. The molecule has 10 heteroatoms. The average Bonchev–Trinajstić information content (AvgIpc) is 3.33. The van der Waals surface area contributed by atoms with Crippen LogP contribution in [-0.4, -0.2) is 53.7 Å². The fourth-order valence-electron chi connectivity index (χ4n) is 4.28. The molecule has 9 nitrogen and oxygen atoms in total. The second-order valence-corrected chi connectivity index (χ2v) is 9.41. The predicted molar refractivity (Wildman–Crippen MR) is 146 cm³/mol. The quantitative estimate of drug-likeness (QED) is 0.292. The number of rotatable bonds is 10. The van der Waals surface area contributed by atoms with Crippen molar-refractivity contribution < 1.29 is 23.9 Å². The molecule has 1 aliphatic heterocycles. The van der Waals surface area contributed by atoms with Crippen LogP contribution in [-0.2, 0) is 16.0 Å². The van der Waals surface area contributed by atoms with Crippen LogP contribution in [0, 0.1) is 5.92 Å². The van der Waals surface area contributed by atoms with Crippen molar-refractivity contribution in [1.29, 1.82) is 0 Å². The molecule has 2 aromatic carbocycles. The molecule has 200 valence electrons. The van der Waals surface area contributed by atoms with E-state index in [0.29, 0.717) is 65.8 Å². The van der Waals surface area contributed by atoms with E-state index in [1.807, 2.05) is 6.92 Å². The number of methoxy groups -OCH3 is 1. The number of esters is 1. The monoisotopic (exact) mass is 538 g/mol. The summed E-state index contributed by atoms with van der Waals surface area (Å²) in [6, 6.07) is 14.2.